The molecule has 1 aromatic heterocycles. The van der Waals surface area contributed by atoms with Gasteiger partial charge in [-0.3, -0.25) is 4.98 Å². The average Bonchev–Trinajstić information content (AvgIpc) is 2.78. The van der Waals surface area contributed by atoms with Crippen molar-refractivity contribution in [3.8, 4) is 0 Å². The number of hydrogen-bond donors (Lipinski definition) is 1. The molecule has 0 aliphatic heterocycles. The fourth-order valence-corrected chi connectivity index (χ4v) is 4.66. The second-order valence-electron chi connectivity index (χ2n) is 7.55. The van der Waals surface area contributed by atoms with Crippen molar-refractivity contribution in [3.05, 3.63) is 72.6 Å². The Balaban J connectivity index is 1.39. The summed E-state index contributed by atoms with van der Waals surface area (Å²) >= 11 is 0. The first-order chi connectivity index (χ1) is 14.6. The Bertz CT molecular complexity index is 1050. The van der Waals surface area contributed by atoms with Crippen LogP contribution in [0.5, 0.6) is 0 Å². The maximum absolute atomic E-state index is 12.5. The quantitative estimate of drug-likeness (QED) is 0.343. The molecule has 0 aliphatic carbocycles. The molecule has 3 aromatic rings. The first kappa shape index (κ1) is 22.1. The van der Waals surface area contributed by atoms with Crippen molar-refractivity contribution < 1.29 is 13.2 Å². The van der Waals surface area contributed by atoms with Gasteiger partial charge in [-0.05, 0) is 66.6 Å². The zero-order valence-electron chi connectivity index (χ0n) is 17.0. The largest absolute Gasteiger partial charge is 0.303 e. The number of carbonyl (C=O) groups is 1. The van der Waals surface area contributed by atoms with E-state index in [1.807, 2.05) is 48.7 Å². The Morgan fingerprint density at radius 2 is 1.73 bits per heavy atom. The summed E-state index contributed by atoms with van der Waals surface area (Å²) in [7, 11) is -3.53. The molecule has 0 spiro atoms. The van der Waals surface area contributed by atoms with E-state index in [4.69, 9.17) is 0 Å². The number of benzene rings is 2. The van der Waals surface area contributed by atoms with Gasteiger partial charge in [0.2, 0.25) is 10.0 Å². The number of aromatic nitrogens is 1. The molecule has 1 heterocycles. The van der Waals surface area contributed by atoms with E-state index in [2.05, 4.69) is 9.71 Å². The van der Waals surface area contributed by atoms with Crippen molar-refractivity contribution in [2.24, 2.45) is 5.92 Å². The summed E-state index contributed by atoms with van der Waals surface area (Å²) in [5, 5.41) is 1.92. The first-order valence-corrected chi connectivity index (χ1v) is 11.9. The molecule has 0 radical (unpaired) electrons. The zero-order chi connectivity index (χ0) is 21.2. The van der Waals surface area contributed by atoms with Gasteiger partial charge in [-0.25, -0.2) is 13.1 Å². The average molecular weight is 425 g/mol. The van der Waals surface area contributed by atoms with Gasteiger partial charge in [0.25, 0.3) is 0 Å². The minimum absolute atomic E-state index is 0.0266. The summed E-state index contributed by atoms with van der Waals surface area (Å²) in [6.07, 6.45) is 9.67. The van der Waals surface area contributed by atoms with Gasteiger partial charge >= 0.3 is 0 Å². The predicted octanol–water partition coefficient (Wildman–Crippen LogP) is 4.52. The topological polar surface area (TPSA) is 76.1 Å². The van der Waals surface area contributed by atoms with Crippen molar-refractivity contribution >= 4 is 27.1 Å². The molecule has 3 rings (SSSR count). The van der Waals surface area contributed by atoms with Crippen molar-refractivity contribution in [1.82, 2.24) is 9.71 Å². The summed E-state index contributed by atoms with van der Waals surface area (Å²) in [5.41, 5.74) is 1.19. The van der Waals surface area contributed by atoms with Gasteiger partial charge in [-0.2, -0.15) is 0 Å². The molecule has 1 N–H and O–H groups in total. The van der Waals surface area contributed by atoms with Crippen LogP contribution in [-0.4, -0.2) is 26.2 Å². The maximum Gasteiger partial charge on any atom is 0.240 e. The maximum atomic E-state index is 12.5. The van der Waals surface area contributed by atoms with E-state index in [0.717, 1.165) is 49.2 Å². The molecule has 6 heteroatoms. The number of nitrogens with one attached hydrogen (secondary N) is 1. The number of pyridine rings is 1. The number of aldehydes is 1. The van der Waals surface area contributed by atoms with Crippen LogP contribution in [0.15, 0.2) is 71.9 Å². The van der Waals surface area contributed by atoms with Gasteiger partial charge in [0.1, 0.15) is 6.29 Å². The standard InChI is InChI=1S/C24H28N2O3S/c27-19-21(9-5-8-20-10-6-15-25-18-20)7-3-4-16-26-30(28,29)24-14-13-22-11-1-2-12-23(22)17-24/h1-2,6,10-15,17-19,21,26H,3-5,7-9,16H2. The molecule has 158 valence electrons. The molecule has 2 aromatic carbocycles. The molecule has 1 atom stereocenters. The lowest BCUT2D eigenvalue weighted by Gasteiger charge is -2.11. The van der Waals surface area contributed by atoms with Crippen LogP contribution in [0.4, 0.5) is 0 Å². The van der Waals surface area contributed by atoms with E-state index < -0.39 is 10.0 Å². The van der Waals surface area contributed by atoms with Crippen LogP contribution < -0.4 is 4.72 Å². The highest BCUT2D eigenvalue weighted by Crippen LogP contribution is 2.19. The SMILES string of the molecule is O=CC(CCCCNS(=O)(=O)c1ccc2ccccc2c1)CCCc1cccnc1. The Labute approximate surface area is 178 Å². The first-order valence-electron chi connectivity index (χ1n) is 10.4. The second-order valence-corrected chi connectivity index (χ2v) is 9.32. The van der Waals surface area contributed by atoms with Crippen molar-refractivity contribution in [2.45, 2.75) is 43.4 Å². The Hall–Kier alpha value is -2.57. The van der Waals surface area contributed by atoms with Gasteiger partial charge in [-0.15, -0.1) is 0 Å². The summed E-state index contributed by atoms with van der Waals surface area (Å²) < 4.78 is 27.7. The van der Waals surface area contributed by atoms with E-state index >= 15 is 0 Å². The Morgan fingerprint density at radius 3 is 2.50 bits per heavy atom. The lowest BCUT2D eigenvalue weighted by Crippen LogP contribution is -2.24. The molecule has 5 nitrogen and oxygen atoms in total. The molecule has 1 unspecified atom stereocenters. The van der Waals surface area contributed by atoms with E-state index in [1.54, 1.807) is 18.3 Å². The summed E-state index contributed by atoms with van der Waals surface area (Å²) in [6, 6.07) is 16.8. The number of rotatable bonds is 12. The highest BCUT2D eigenvalue weighted by molar-refractivity contribution is 7.89. The number of sulfonamides is 1. The second kappa shape index (κ2) is 11.0. The van der Waals surface area contributed by atoms with Crippen LogP contribution in [0.1, 0.15) is 37.7 Å². The third kappa shape index (κ3) is 6.47. The minimum Gasteiger partial charge on any atom is -0.303 e. The molecular formula is C24H28N2O3S. The number of carbonyl (C=O) groups excluding carboxylic acids is 1. The van der Waals surface area contributed by atoms with Crippen molar-refractivity contribution in [1.29, 1.82) is 0 Å². The Morgan fingerprint density at radius 1 is 0.933 bits per heavy atom. The molecule has 0 saturated heterocycles. The molecule has 30 heavy (non-hydrogen) atoms. The van der Waals surface area contributed by atoms with Gasteiger partial charge < -0.3 is 4.79 Å². The molecule has 0 aliphatic rings. The van der Waals surface area contributed by atoms with Crippen LogP contribution in [0.25, 0.3) is 10.8 Å². The van der Waals surface area contributed by atoms with E-state index in [1.165, 1.54) is 5.56 Å². The normalized spacial score (nSPS) is 12.7. The van der Waals surface area contributed by atoms with Gasteiger partial charge in [0, 0.05) is 24.9 Å². The Kier molecular flexibility index (Phi) is 8.11. The summed E-state index contributed by atoms with van der Waals surface area (Å²) in [4.78, 5) is 15.7. The predicted molar refractivity (Wildman–Crippen MR) is 120 cm³/mol. The third-order valence-electron chi connectivity index (χ3n) is 5.28. The lowest BCUT2D eigenvalue weighted by atomic mass is 9.96. The van der Waals surface area contributed by atoms with Crippen LogP contribution in [0, 0.1) is 5.92 Å². The zero-order valence-corrected chi connectivity index (χ0v) is 17.9. The van der Waals surface area contributed by atoms with Gasteiger partial charge in [-0.1, -0.05) is 42.8 Å². The van der Waals surface area contributed by atoms with Crippen LogP contribution >= 0.6 is 0 Å². The number of aryl methyl sites for hydroxylation is 1. The van der Waals surface area contributed by atoms with E-state index in [9.17, 15) is 13.2 Å². The summed E-state index contributed by atoms with van der Waals surface area (Å²) in [6.45, 7) is 0.371. The number of nitrogens with zero attached hydrogens (tertiary/aromatic N) is 1. The van der Waals surface area contributed by atoms with Crippen molar-refractivity contribution in [3.63, 3.8) is 0 Å². The van der Waals surface area contributed by atoms with E-state index in [0.29, 0.717) is 13.0 Å². The molecular weight excluding hydrogens is 396 g/mol. The molecule has 0 saturated carbocycles. The molecule has 0 fully saturated rings. The fraction of sp³-hybridized carbons (Fsp3) is 0.333. The highest BCUT2D eigenvalue weighted by atomic mass is 32.2. The minimum atomic E-state index is -3.53. The summed E-state index contributed by atoms with van der Waals surface area (Å²) in [5.74, 6) is 0.0266. The highest BCUT2D eigenvalue weighted by Gasteiger charge is 2.14. The van der Waals surface area contributed by atoms with Crippen LogP contribution in [0.2, 0.25) is 0 Å². The fourth-order valence-electron chi connectivity index (χ4n) is 3.55. The van der Waals surface area contributed by atoms with Gasteiger partial charge in [0.05, 0.1) is 4.90 Å². The number of hydrogen-bond acceptors (Lipinski definition) is 4. The van der Waals surface area contributed by atoms with Crippen LogP contribution in [0.3, 0.4) is 0 Å². The smallest absolute Gasteiger partial charge is 0.240 e. The van der Waals surface area contributed by atoms with E-state index in [-0.39, 0.29) is 10.8 Å². The molecule has 0 bridgehead atoms. The molecule has 0 amide bonds. The monoisotopic (exact) mass is 424 g/mol. The van der Waals surface area contributed by atoms with Gasteiger partial charge in [0.15, 0.2) is 0 Å². The van der Waals surface area contributed by atoms with Crippen molar-refractivity contribution in [2.75, 3.05) is 6.54 Å². The third-order valence-corrected chi connectivity index (χ3v) is 6.74. The number of fused-ring (bicyclic) bond motifs is 1. The number of unbranched alkanes of at least 4 members (excludes halogenated alkanes) is 1. The lowest BCUT2D eigenvalue weighted by molar-refractivity contribution is -0.111. The van der Waals surface area contributed by atoms with Crippen LogP contribution in [-0.2, 0) is 21.2 Å².